The van der Waals surface area contributed by atoms with Gasteiger partial charge in [0.25, 0.3) is 0 Å². The van der Waals surface area contributed by atoms with Gasteiger partial charge in [0.1, 0.15) is 11.1 Å². The third-order valence-corrected chi connectivity index (χ3v) is 6.41. The Kier molecular flexibility index (Phi) is 6.19. The average Bonchev–Trinajstić information content (AvgIpc) is 3.02. The van der Waals surface area contributed by atoms with Crippen LogP contribution in [0.25, 0.3) is 11.1 Å². The predicted octanol–water partition coefficient (Wildman–Crippen LogP) is 5.32. The van der Waals surface area contributed by atoms with Gasteiger partial charge in [-0.2, -0.15) is 5.26 Å². The highest BCUT2D eigenvalue weighted by molar-refractivity contribution is 7.17. The van der Waals surface area contributed by atoms with Crippen LogP contribution in [0, 0.1) is 30.1 Å². The maximum Gasteiger partial charge on any atom is 0.307 e. The summed E-state index contributed by atoms with van der Waals surface area (Å²) in [5.41, 5.74) is 3.40. The van der Waals surface area contributed by atoms with Gasteiger partial charge < -0.3 is 10.4 Å². The number of anilines is 1. The van der Waals surface area contributed by atoms with Crippen LogP contribution in [0.4, 0.5) is 5.00 Å². The fourth-order valence-electron chi connectivity index (χ4n) is 3.70. The molecule has 5 nitrogen and oxygen atoms in total. The molecule has 1 aliphatic rings. The van der Waals surface area contributed by atoms with Gasteiger partial charge >= 0.3 is 5.97 Å². The van der Waals surface area contributed by atoms with Crippen LogP contribution in [-0.4, -0.2) is 17.0 Å². The standard InChI is InChI=1S/C23H24N2O3S/c1-13(2)15-8-10-16(11-9-15)20-14(3)29-22(19(20)12-24)25-21(26)17-6-4-5-7-18(17)23(27)28/h4-5,8-11,13,17-18H,6-7H2,1-3H3,(H,25,26)(H,27,28). The third kappa shape index (κ3) is 4.25. The summed E-state index contributed by atoms with van der Waals surface area (Å²) in [6.07, 6.45) is 4.38. The number of hydrogen-bond acceptors (Lipinski definition) is 4. The Hall–Kier alpha value is -2.91. The van der Waals surface area contributed by atoms with Crippen LogP contribution in [0.15, 0.2) is 36.4 Å². The van der Waals surface area contributed by atoms with Crippen molar-refractivity contribution in [3.8, 4) is 17.2 Å². The highest BCUT2D eigenvalue weighted by Gasteiger charge is 2.34. The number of rotatable bonds is 5. The van der Waals surface area contributed by atoms with E-state index < -0.39 is 17.8 Å². The molecule has 2 atom stereocenters. The normalized spacial score (nSPS) is 18.4. The minimum absolute atomic E-state index is 0.343. The number of carbonyl (C=O) groups excluding carboxylic acids is 1. The number of benzene rings is 1. The Balaban J connectivity index is 1.91. The van der Waals surface area contributed by atoms with Gasteiger partial charge in [-0.05, 0) is 36.8 Å². The molecule has 150 valence electrons. The van der Waals surface area contributed by atoms with E-state index in [0.717, 1.165) is 16.0 Å². The van der Waals surface area contributed by atoms with Crippen LogP contribution in [0.3, 0.4) is 0 Å². The first-order valence-electron chi connectivity index (χ1n) is 9.66. The molecule has 0 radical (unpaired) electrons. The van der Waals surface area contributed by atoms with Gasteiger partial charge in [-0.25, -0.2) is 0 Å². The Morgan fingerprint density at radius 3 is 2.34 bits per heavy atom. The van der Waals surface area contributed by atoms with E-state index in [-0.39, 0.29) is 5.91 Å². The fraction of sp³-hybridized carbons (Fsp3) is 0.348. The number of carbonyl (C=O) groups is 2. The quantitative estimate of drug-likeness (QED) is 0.655. The molecule has 2 aromatic rings. The van der Waals surface area contributed by atoms with Crippen LogP contribution in [-0.2, 0) is 9.59 Å². The number of nitrogens with one attached hydrogen (secondary N) is 1. The van der Waals surface area contributed by atoms with Gasteiger partial charge in [0.05, 0.1) is 17.4 Å². The predicted molar refractivity (Wildman–Crippen MR) is 115 cm³/mol. The lowest BCUT2D eigenvalue weighted by Gasteiger charge is -2.23. The number of carboxylic acids is 1. The van der Waals surface area contributed by atoms with Gasteiger partial charge in [-0.3, -0.25) is 9.59 Å². The van der Waals surface area contributed by atoms with E-state index in [9.17, 15) is 20.0 Å². The van der Waals surface area contributed by atoms with Gasteiger partial charge in [-0.1, -0.05) is 50.3 Å². The molecule has 29 heavy (non-hydrogen) atoms. The number of aryl methyl sites for hydroxylation is 1. The minimum atomic E-state index is -0.969. The van der Waals surface area contributed by atoms with Crippen LogP contribution >= 0.6 is 11.3 Å². The molecule has 0 bridgehead atoms. The van der Waals surface area contributed by atoms with E-state index in [4.69, 9.17) is 0 Å². The smallest absolute Gasteiger partial charge is 0.307 e. The zero-order valence-electron chi connectivity index (χ0n) is 16.7. The summed E-state index contributed by atoms with van der Waals surface area (Å²) in [6.45, 7) is 6.18. The number of nitrogens with zero attached hydrogens (tertiary/aromatic N) is 1. The van der Waals surface area contributed by atoms with Gasteiger partial charge in [0.15, 0.2) is 0 Å². The monoisotopic (exact) mass is 408 g/mol. The third-order valence-electron chi connectivity index (χ3n) is 5.39. The first-order valence-corrected chi connectivity index (χ1v) is 10.5. The summed E-state index contributed by atoms with van der Waals surface area (Å²) < 4.78 is 0. The lowest BCUT2D eigenvalue weighted by atomic mass is 9.82. The van der Waals surface area contributed by atoms with Crippen molar-refractivity contribution in [3.63, 3.8) is 0 Å². The van der Waals surface area contributed by atoms with Crippen LogP contribution in [0.1, 0.15) is 48.6 Å². The highest BCUT2D eigenvalue weighted by atomic mass is 32.1. The molecule has 0 fully saturated rings. The largest absolute Gasteiger partial charge is 0.481 e. The lowest BCUT2D eigenvalue weighted by molar-refractivity contribution is -0.146. The Morgan fingerprint density at radius 1 is 1.17 bits per heavy atom. The molecule has 6 heteroatoms. The fourth-order valence-corrected chi connectivity index (χ4v) is 4.73. The number of amides is 1. The number of carboxylic acid groups (broad SMARTS) is 1. The second-order valence-corrected chi connectivity index (χ2v) is 8.83. The minimum Gasteiger partial charge on any atom is -0.481 e. The molecular weight excluding hydrogens is 384 g/mol. The average molecular weight is 409 g/mol. The van der Waals surface area contributed by atoms with Gasteiger partial charge in [0.2, 0.25) is 5.91 Å². The number of thiophene rings is 1. The maximum atomic E-state index is 12.8. The summed E-state index contributed by atoms with van der Waals surface area (Å²) in [4.78, 5) is 25.3. The molecule has 1 aromatic carbocycles. The first-order chi connectivity index (χ1) is 13.8. The second kappa shape index (κ2) is 8.62. The van der Waals surface area contributed by atoms with E-state index in [1.807, 2.05) is 25.1 Å². The van der Waals surface area contributed by atoms with E-state index in [2.05, 4.69) is 37.4 Å². The maximum absolute atomic E-state index is 12.8. The van der Waals surface area contributed by atoms with Gasteiger partial charge in [0, 0.05) is 10.4 Å². The molecule has 0 spiro atoms. The molecule has 0 saturated carbocycles. The summed E-state index contributed by atoms with van der Waals surface area (Å²) >= 11 is 1.35. The molecular formula is C23H24N2O3S. The molecule has 1 heterocycles. The SMILES string of the molecule is Cc1sc(NC(=O)C2CC=CCC2C(=O)O)c(C#N)c1-c1ccc(C(C)C)cc1. The van der Waals surface area contributed by atoms with Crippen molar-refractivity contribution in [2.24, 2.45) is 11.8 Å². The topological polar surface area (TPSA) is 90.2 Å². The van der Waals surface area contributed by atoms with Crippen molar-refractivity contribution in [2.75, 3.05) is 5.32 Å². The molecule has 1 aromatic heterocycles. The summed E-state index contributed by atoms with van der Waals surface area (Å²) in [5, 5.41) is 22.5. The number of aliphatic carboxylic acids is 1. The zero-order valence-corrected chi connectivity index (χ0v) is 17.5. The van der Waals surface area contributed by atoms with Crippen molar-refractivity contribution in [2.45, 2.75) is 39.5 Å². The summed E-state index contributed by atoms with van der Waals surface area (Å²) in [7, 11) is 0. The van der Waals surface area contributed by atoms with Crippen LogP contribution < -0.4 is 5.32 Å². The van der Waals surface area contributed by atoms with Crippen molar-refractivity contribution in [1.29, 1.82) is 5.26 Å². The molecule has 1 amide bonds. The Morgan fingerprint density at radius 2 is 1.79 bits per heavy atom. The molecule has 1 aliphatic carbocycles. The molecule has 2 N–H and O–H groups in total. The van der Waals surface area contributed by atoms with Crippen LogP contribution in [0.2, 0.25) is 0 Å². The van der Waals surface area contributed by atoms with E-state index >= 15 is 0 Å². The summed E-state index contributed by atoms with van der Waals surface area (Å²) in [5.74, 6) is -2.27. The number of nitriles is 1. The van der Waals surface area contributed by atoms with E-state index in [1.165, 1.54) is 16.9 Å². The first kappa shape index (κ1) is 20.8. The second-order valence-electron chi connectivity index (χ2n) is 7.61. The van der Waals surface area contributed by atoms with Gasteiger partial charge in [-0.15, -0.1) is 11.3 Å². The van der Waals surface area contributed by atoms with Crippen molar-refractivity contribution in [1.82, 2.24) is 0 Å². The molecule has 0 aliphatic heterocycles. The Bertz CT molecular complexity index is 996. The van der Waals surface area contributed by atoms with Crippen molar-refractivity contribution in [3.05, 3.63) is 52.4 Å². The zero-order chi connectivity index (χ0) is 21.1. The number of allylic oxidation sites excluding steroid dienone is 2. The summed E-state index contributed by atoms with van der Waals surface area (Å²) in [6, 6.07) is 10.4. The van der Waals surface area contributed by atoms with E-state index in [0.29, 0.717) is 29.3 Å². The molecule has 2 unspecified atom stereocenters. The van der Waals surface area contributed by atoms with E-state index in [1.54, 1.807) is 6.08 Å². The lowest BCUT2D eigenvalue weighted by Crippen LogP contribution is -2.34. The number of hydrogen-bond donors (Lipinski definition) is 2. The highest BCUT2D eigenvalue weighted by Crippen LogP contribution is 2.40. The van der Waals surface area contributed by atoms with Crippen molar-refractivity contribution < 1.29 is 14.7 Å². The van der Waals surface area contributed by atoms with Crippen LogP contribution in [0.5, 0.6) is 0 Å². The Labute approximate surface area is 174 Å². The van der Waals surface area contributed by atoms with Crippen molar-refractivity contribution >= 4 is 28.2 Å². The molecule has 3 rings (SSSR count). The molecule has 0 saturated heterocycles.